The van der Waals surface area contributed by atoms with Crippen LogP contribution in [0.3, 0.4) is 0 Å². The highest BCUT2D eigenvalue weighted by Crippen LogP contribution is 2.23. The third kappa shape index (κ3) is 3.34. The van der Waals surface area contributed by atoms with Crippen molar-refractivity contribution in [2.45, 2.75) is 0 Å². The molecule has 0 saturated carbocycles. The van der Waals surface area contributed by atoms with Crippen LogP contribution in [-0.2, 0) is 0 Å². The highest BCUT2D eigenvalue weighted by molar-refractivity contribution is 9.10. The van der Waals surface area contributed by atoms with Gasteiger partial charge in [0.05, 0.1) is 0 Å². The zero-order chi connectivity index (χ0) is 14.7. The Morgan fingerprint density at radius 2 is 2.00 bits per heavy atom. The second-order valence-corrected chi connectivity index (χ2v) is 6.01. The van der Waals surface area contributed by atoms with Crippen molar-refractivity contribution in [3.8, 4) is 10.6 Å². The van der Waals surface area contributed by atoms with Crippen LogP contribution < -0.4 is 5.32 Å². The second kappa shape index (κ2) is 6.15. The summed E-state index contributed by atoms with van der Waals surface area (Å²) in [6.07, 6.45) is 3.41. The quantitative estimate of drug-likeness (QED) is 0.761. The minimum atomic E-state index is -0.218. The molecule has 1 N–H and O–H groups in total. The number of nitrogens with zero attached hydrogens (tertiary/aromatic N) is 2. The zero-order valence-electron chi connectivity index (χ0n) is 10.8. The molecular formula is C15H10BrN3OS. The summed E-state index contributed by atoms with van der Waals surface area (Å²) in [4.78, 5) is 20.5. The van der Waals surface area contributed by atoms with Gasteiger partial charge in [-0.25, -0.2) is 4.98 Å². The van der Waals surface area contributed by atoms with Crippen LogP contribution in [0, 0.1) is 0 Å². The Morgan fingerprint density at radius 1 is 1.19 bits per heavy atom. The van der Waals surface area contributed by atoms with E-state index in [1.807, 2.05) is 36.4 Å². The lowest BCUT2D eigenvalue weighted by Crippen LogP contribution is -2.12. The number of benzene rings is 1. The van der Waals surface area contributed by atoms with E-state index in [9.17, 15) is 4.79 Å². The van der Waals surface area contributed by atoms with Gasteiger partial charge in [0.25, 0.3) is 5.91 Å². The number of rotatable bonds is 3. The third-order valence-electron chi connectivity index (χ3n) is 2.75. The Balaban J connectivity index is 1.78. The van der Waals surface area contributed by atoms with Gasteiger partial charge in [0.1, 0.15) is 10.7 Å². The molecule has 21 heavy (non-hydrogen) atoms. The van der Waals surface area contributed by atoms with Gasteiger partial charge in [0, 0.05) is 33.5 Å². The van der Waals surface area contributed by atoms with Crippen molar-refractivity contribution in [2.75, 3.05) is 5.32 Å². The van der Waals surface area contributed by atoms with Crippen LogP contribution in [0.4, 0.5) is 5.69 Å². The lowest BCUT2D eigenvalue weighted by atomic mass is 10.3. The maximum Gasteiger partial charge on any atom is 0.275 e. The van der Waals surface area contributed by atoms with Gasteiger partial charge in [-0.15, -0.1) is 11.3 Å². The maximum atomic E-state index is 12.2. The minimum absolute atomic E-state index is 0.218. The van der Waals surface area contributed by atoms with Gasteiger partial charge in [0.15, 0.2) is 0 Å². The summed E-state index contributed by atoms with van der Waals surface area (Å²) >= 11 is 4.81. The average molecular weight is 360 g/mol. The summed E-state index contributed by atoms with van der Waals surface area (Å²) in [5.41, 5.74) is 2.09. The summed E-state index contributed by atoms with van der Waals surface area (Å²) in [6, 6.07) is 11.2. The smallest absolute Gasteiger partial charge is 0.275 e. The molecule has 0 bridgehead atoms. The van der Waals surface area contributed by atoms with E-state index in [2.05, 4.69) is 31.2 Å². The van der Waals surface area contributed by atoms with E-state index in [0.717, 1.165) is 20.7 Å². The molecule has 0 radical (unpaired) electrons. The molecule has 4 nitrogen and oxygen atoms in total. The van der Waals surface area contributed by atoms with Gasteiger partial charge < -0.3 is 5.32 Å². The van der Waals surface area contributed by atoms with E-state index in [4.69, 9.17) is 0 Å². The molecule has 3 rings (SSSR count). The number of hydrogen-bond acceptors (Lipinski definition) is 4. The average Bonchev–Trinajstić information content (AvgIpc) is 2.98. The molecule has 0 aliphatic heterocycles. The molecule has 0 aliphatic rings. The second-order valence-electron chi connectivity index (χ2n) is 4.24. The van der Waals surface area contributed by atoms with Crippen LogP contribution in [0.15, 0.2) is 58.6 Å². The molecule has 2 heterocycles. The van der Waals surface area contributed by atoms with Gasteiger partial charge in [0.2, 0.25) is 0 Å². The van der Waals surface area contributed by atoms with E-state index in [1.54, 1.807) is 17.8 Å². The maximum absolute atomic E-state index is 12.2. The van der Waals surface area contributed by atoms with Gasteiger partial charge >= 0.3 is 0 Å². The standard InChI is InChI=1S/C15H10BrN3OS/c16-11-2-1-3-12(8-11)18-14(20)13-9-21-15(19-13)10-4-6-17-7-5-10/h1-9H,(H,18,20). The molecule has 1 aromatic carbocycles. The third-order valence-corrected chi connectivity index (χ3v) is 4.13. The van der Waals surface area contributed by atoms with Crippen molar-refractivity contribution < 1.29 is 4.79 Å². The lowest BCUT2D eigenvalue weighted by Gasteiger charge is -2.03. The first-order valence-electron chi connectivity index (χ1n) is 6.15. The lowest BCUT2D eigenvalue weighted by molar-refractivity contribution is 0.102. The van der Waals surface area contributed by atoms with E-state index < -0.39 is 0 Å². The summed E-state index contributed by atoms with van der Waals surface area (Å²) in [5.74, 6) is -0.218. The first kappa shape index (κ1) is 13.9. The monoisotopic (exact) mass is 359 g/mol. The summed E-state index contributed by atoms with van der Waals surface area (Å²) in [5, 5.41) is 5.38. The number of halogens is 1. The van der Waals surface area contributed by atoms with Crippen molar-refractivity contribution in [3.63, 3.8) is 0 Å². The summed E-state index contributed by atoms with van der Waals surface area (Å²) in [6.45, 7) is 0. The van der Waals surface area contributed by atoms with Crippen LogP contribution in [-0.4, -0.2) is 15.9 Å². The molecule has 1 amide bonds. The largest absolute Gasteiger partial charge is 0.321 e. The molecule has 0 aliphatic carbocycles. The molecule has 6 heteroatoms. The van der Waals surface area contributed by atoms with Gasteiger partial charge in [-0.05, 0) is 30.3 Å². The van der Waals surface area contributed by atoms with Crippen molar-refractivity contribution in [1.29, 1.82) is 0 Å². The number of nitrogens with one attached hydrogen (secondary N) is 1. The first-order chi connectivity index (χ1) is 10.2. The molecule has 0 spiro atoms. The molecular weight excluding hydrogens is 350 g/mol. The Morgan fingerprint density at radius 3 is 2.76 bits per heavy atom. The first-order valence-corrected chi connectivity index (χ1v) is 7.82. The summed E-state index contributed by atoms with van der Waals surface area (Å²) in [7, 11) is 0. The van der Waals surface area contributed by atoms with Crippen LogP contribution in [0.5, 0.6) is 0 Å². The van der Waals surface area contributed by atoms with Crippen LogP contribution >= 0.6 is 27.3 Å². The van der Waals surface area contributed by atoms with Crippen molar-refractivity contribution in [3.05, 3.63) is 64.3 Å². The fourth-order valence-electron chi connectivity index (χ4n) is 1.77. The fourth-order valence-corrected chi connectivity index (χ4v) is 2.97. The Hall–Kier alpha value is -2.05. The topological polar surface area (TPSA) is 54.9 Å². The SMILES string of the molecule is O=C(Nc1cccc(Br)c1)c1csc(-c2ccncc2)n1. The van der Waals surface area contributed by atoms with Gasteiger partial charge in [-0.2, -0.15) is 0 Å². The molecule has 3 aromatic rings. The Bertz CT molecular complexity index is 773. The van der Waals surface area contributed by atoms with Crippen molar-refractivity contribution in [2.24, 2.45) is 0 Å². The number of aromatic nitrogens is 2. The number of thiazole rings is 1. The van der Waals surface area contributed by atoms with E-state index >= 15 is 0 Å². The van der Waals surface area contributed by atoms with Crippen LogP contribution in [0.1, 0.15) is 10.5 Å². The van der Waals surface area contributed by atoms with Crippen molar-refractivity contribution in [1.82, 2.24) is 9.97 Å². The Labute approximate surface area is 134 Å². The van der Waals surface area contributed by atoms with Crippen LogP contribution in [0.25, 0.3) is 10.6 Å². The predicted octanol–water partition coefficient (Wildman–Crippen LogP) is 4.22. The summed E-state index contributed by atoms with van der Waals surface area (Å²) < 4.78 is 0.913. The number of amides is 1. The highest BCUT2D eigenvalue weighted by atomic mass is 79.9. The van der Waals surface area contributed by atoms with Crippen molar-refractivity contribution >= 4 is 38.9 Å². The minimum Gasteiger partial charge on any atom is -0.321 e. The molecule has 104 valence electrons. The predicted molar refractivity (Wildman–Crippen MR) is 87.4 cm³/mol. The zero-order valence-corrected chi connectivity index (χ0v) is 13.2. The number of hydrogen-bond donors (Lipinski definition) is 1. The number of pyridine rings is 1. The van der Waals surface area contributed by atoms with E-state index in [-0.39, 0.29) is 5.91 Å². The molecule has 0 unspecified atom stereocenters. The number of carbonyl (C=O) groups is 1. The Kier molecular flexibility index (Phi) is 4.08. The fraction of sp³-hybridized carbons (Fsp3) is 0. The van der Waals surface area contributed by atoms with E-state index in [1.165, 1.54) is 11.3 Å². The normalized spacial score (nSPS) is 10.3. The molecule has 2 aromatic heterocycles. The molecule has 0 saturated heterocycles. The van der Waals surface area contributed by atoms with E-state index in [0.29, 0.717) is 5.69 Å². The van der Waals surface area contributed by atoms with Gasteiger partial charge in [-0.1, -0.05) is 22.0 Å². The van der Waals surface area contributed by atoms with Crippen LogP contribution in [0.2, 0.25) is 0 Å². The highest BCUT2D eigenvalue weighted by Gasteiger charge is 2.12. The molecule has 0 fully saturated rings. The molecule has 0 atom stereocenters. The van der Waals surface area contributed by atoms with Gasteiger partial charge in [-0.3, -0.25) is 9.78 Å². The number of carbonyl (C=O) groups excluding carboxylic acids is 1. The number of anilines is 1.